The number of guanidine groups is 1. The van der Waals surface area contributed by atoms with Crippen molar-refractivity contribution in [2.75, 3.05) is 31.1 Å². The van der Waals surface area contributed by atoms with E-state index >= 15 is 0 Å². The maximum Gasteiger partial charge on any atom is 0.225 e. The molecule has 1 saturated carbocycles. The summed E-state index contributed by atoms with van der Waals surface area (Å²) in [6.45, 7) is 3.40. The highest BCUT2D eigenvalue weighted by Gasteiger charge is 2.31. The molecule has 0 spiro atoms. The lowest BCUT2D eigenvalue weighted by Gasteiger charge is -2.37. The molecule has 1 aliphatic carbocycles. The van der Waals surface area contributed by atoms with E-state index < -0.39 is 0 Å². The lowest BCUT2D eigenvalue weighted by Crippen LogP contribution is -2.52. The molecule has 0 amide bonds. The van der Waals surface area contributed by atoms with Gasteiger partial charge in [-0.15, -0.1) is 24.0 Å². The number of hydrogen-bond acceptors (Lipinski definition) is 4. The molecule has 2 heterocycles. The topological polar surface area (TPSA) is 70.6 Å². The predicted octanol–water partition coefficient (Wildman–Crippen LogP) is 3.13. The summed E-state index contributed by atoms with van der Waals surface area (Å²) in [4.78, 5) is 17.7. The quantitative estimate of drug-likeness (QED) is 0.400. The van der Waals surface area contributed by atoms with Crippen molar-refractivity contribution in [1.82, 2.24) is 14.9 Å². The molecule has 0 atom stereocenters. The molecule has 144 valence electrons. The highest BCUT2D eigenvalue weighted by atomic mass is 127. The molecule has 1 aliphatic heterocycles. The molecule has 1 aromatic carbocycles. The van der Waals surface area contributed by atoms with Gasteiger partial charge in [-0.2, -0.15) is 0 Å². The van der Waals surface area contributed by atoms with Gasteiger partial charge in [0.2, 0.25) is 5.95 Å². The van der Waals surface area contributed by atoms with Crippen molar-refractivity contribution < 1.29 is 0 Å². The maximum absolute atomic E-state index is 6.26. The van der Waals surface area contributed by atoms with Crippen molar-refractivity contribution >= 4 is 47.5 Å². The minimum Gasteiger partial charge on any atom is -0.370 e. The van der Waals surface area contributed by atoms with E-state index in [1.807, 2.05) is 18.2 Å². The second kappa shape index (κ2) is 9.05. The second-order valence-electron chi connectivity index (χ2n) is 6.89. The lowest BCUT2D eigenvalue weighted by molar-refractivity contribution is 0.336. The van der Waals surface area contributed by atoms with Gasteiger partial charge in [-0.1, -0.05) is 23.7 Å². The van der Waals surface area contributed by atoms with Crippen molar-refractivity contribution in [3.8, 4) is 0 Å². The van der Waals surface area contributed by atoms with E-state index in [1.165, 1.54) is 5.56 Å². The van der Waals surface area contributed by atoms with Gasteiger partial charge in [0.25, 0.3) is 0 Å². The maximum atomic E-state index is 6.26. The number of hydrogen-bond donors (Lipinski definition) is 1. The molecule has 1 aromatic heterocycles. The standard InChI is InChI=1S/C19H23ClN6.HI/c20-16-4-1-3-14(11-16)15-12-17(13-15)24-18(21)25-7-9-26(10-8-25)19-22-5-2-6-23-19;/h1-6,11,15,17H,7-10,12-13H2,(H2,21,24);1H. The van der Waals surface area contributed by atoms with Crippen molar-refractivity contribution in [3.05, 3.63) is 53.3 Å². The number of nitrogens with zero attached hydrogens (tertiary/aromatic N) is 5. The summed E-state index contributed by atoms with van der Waals surface area (Å²) in [7, 11) is 0. The average Bonchev–Trinajstić information content (AvgIpc) is 2.65. The van der Waals surface area contributed by atoms with E-state index in [2.05, 4.69) is 31.9 Å². The highest BCUT2D eigenvalue weighted by molar-refractivity contribution is 14.0. The monoisotopic (exact) mass is 498 g/mol. The third-order valence-corrected chi connectivity index (χ3v) is 5.42. The minimum absolute atomic E-state index is 0. The molecule has 0 unspecified atom stereocenters. The van der Waals surface area contributed by atoms with Crippen molar-refractivity contribution in [2.45, 2.75) is 24.8 Å². The molecule has 2 aromatic rings. The van der Waals surface area contributed by atoms with E-state index in [9.17, 15) is 0 Å². The van der Waals surface area contributed by atoms with Gasteiger partial charge in [0, 0.05) is 43.6 Å². The molecular formula is C19H24ClIN6. The summed E-state index contributed by atoms with van der Waals surface area (Å²) in [6.07, 6.45) is 5.63. The Hall–Kier alpha value is -1.61. The van der Waals surface area contributed by atoms with Crippen LogP contribution in [-0.2, 0) is 0 Å². The fraction of sp³-hybridized carbons (Fsp3) is 0.421. The fourth-order valence-corrected chi connectivity index (χ4v) is 3.78. The van der Waals surface area contributed by atoms with Gasteiger partial charge in [-0.3, -0.25) is 0 Å². The number of anilines is 1. The zero-order valence-corrected chi connectivity index (χ0v) is 18.1. The zero-order valence-electron chi connectivity index (χ0n) is 15.0. The van der Waals surface area contributed by atoms with Crippen LogP contribution in [0.2, 0.25) is 5.02 Å². The van der Waals surface area contributed by atoms with Crippen LogP contribution in [0.3, 0.4) is 0 Å². The average molecular weight is 499 g/mol. The van der Waals surface area contributed by atoms with Gasteiger partial charge < -0.3 is 15.5 Å². The first-order valence-corrected chi connectivity index (χ1v) is 9.42. The summed E-state index contributed by atoms with van der Waals surface area (Å²) < 4.78 is 0. The molecule has 0 radical (unpaired) electrons. The van der Waals surface area contributed by atoms with Crippen LogP contribution < -0.4 is 10.6 Å². The molecule has 1 saturated heterocycles. The molecule has 2 N–H and O–H groups in total. The molecule has 6 nitrogen and oxygen atoms in total. The molecule has 0 bridgehead atoms. The molecule has 2 fully saturated rings. The third-order valence-electron chi connectivity index (χ3n) is 5.19. The van der Waals surface area contributed by atoms with E-state index in [1.54, 1.807) is 12.4 Å². The van der Waals surface area contributed by atoms with Gasteiger partial charge >= 0.3 is 0 Å². The Bertz CT molecular complexity index is 773. The van der Waals surface area contributed by atoms with Crippen LogP contribution in [0.1, 0.15) is 24.3 Å². The summed E-state index contributed by atoms with van der Waals surface area (Å²) >= 11 is 6.08. The summed E-state index contributed by atoms with van der Waals surface area (Å²) in [5.41, 5.74) is 7.56. The first-order valence-electron chi connectivity index (χ1n) is 9.04. The van der Waals surface area contributed by atoms with E-state index in [0.717, 1.165) is 50.0 Å². The highest BCUT2D eigenvalue weighted by Crippen LogP contribution is 2.39. The predicted molar refractivity (Wildman–Crippen MR) is 120 cm³/mol. The summed E-state index contributed by atoms with van der Waals surface area (Å²) in [6, 6.07) is 10.3. The smallest absolute Gasteiger partial charge is 0.225 e. The Labute approximate surface area is 181 Å². The van der Waals surface area contributed by atoms with Crippen molar-refractivity contribution in [2.24, 2.45) is 10.7 Å². The van der Waals surface area contributed by atoms with E-state index in [4.69, 9.17) is 22.3 Å². The Balaban J connectivity index is 0.00000210. The van der Waals surface area contributed by atoms with Gasteiger partial charge in [0.1, 0.15) is 0 Å². The Kier molecular flexibility index (Phi) is 6.75. The Morgan fingerprint density at radius 2 is 1.78 bits per heavy atom. The Morgan fingerprint density at radius 1 is 1.07 bits per heavy atom. The fourth-order valence-electron chi connectivity index (χ4n) is 3.58. The first kappa shape index (κ1) is 20.1. The van der Waals surface area contributed by atoms with Crippen molar-refractivity contribution in [1.29, 1.82) is 0 Å². The molecule has 4 rings (SSSR count). The second-order valence-corrected chi connectivity index (χ2v) is 7.32. The SMILES string of the molecule is I.NC(=NC1CC(c2cccc(Cl)c2)C1)N1CCN(c2ncccn2)CC1. The van der Waals surface area contributed by atoms with Gasteiger partial charge in [-0.05, 0) is 42.5 Å². The third kappa shape index (κ3) is 4.82. The first-order chi connectivity index (χ1) is 12.7. The van der Waals surface area contributed by atoms with Gasteiger partial charge in [0.15, 0.2) is 5.96 Å². The van der Waals surface area contributed by atoms with Crippen molar-refractivity contribution in [3.63, 3.8) is 0 Å². The van der Waals surface area contributed by atoms with E-state index in [0.29, 0.717) is 17.9 Å². The normalized spacial score (nSPS) is 22.8. The number of nitrogens with two attached hydrogens (primary N) is 1. The van der Waals surface area contributed by atoms with Crippen LogP contribution in [0.25, 0.3) is 0 Å². The molecule has 2 aliphatic rings. The number of benzene rings is 1. The van der Waals surface area contributed by atoms with Gasteiger partial charge in [-0.25, -0.2) is 15.0 Å². The molecule has 27 heavy (non-hydrogen) atoms. The van der Waals surface area contributed by atoms with Crippen LogP contribution in [0, 0.1) is 0 Å². The zero-order chi connectivity index (χ0) is 17.9. The molecule has 8 heteroatoms. The van der Waals surface area contributed by atoms with E-state index in [-0.39, 0.29) is 24.0 Å². The van der Waals surface area contributed by atoms with Crippen LogP contribution in [-0.4, -0.2) is 53.0 Å². The van der Waals surface area contributed by atoms with Crippen LogP contribution in [0.5, 0.6) is 0 Å². The van der Waals surface area contributed by atoms with Crippen LogP contribution in [0.4, 0.5) is 5.95 Å². The number of halogens is 2. The Morgan fingerprint density at radius 3 is 2.44 bits per heavy atom. The van der Waals surface area contributed by atoms with Gasteiger partial charge in [0.05, 0.1) is 6.04 Å². The minimum atomic E-state index is 0. The summed E-state index contributed by atoms with van der Waals surface area (Å²) in [5.74, 6) is 1.99. The largest absolute Gasteiger partial charge is 0.370 e. The summed E-state index contributed by atoms with van der Waals surface area (Å²) in [5, 5.41) is 0.800. The number of aliphatic imine (C=N–C) groups is 1. The lowest BCUT2D eigenvalue weighted by atomic mass is 9.76. The van der Waals surface area contributed by atoms with Crippen LogP contribution in [0.15, 0.2) is 47.7 Å². The number of piperazine rings is 1. The number of rotatable bonds is 3. The number of aromatic nitrogens is 2. The van der Waals surface area contributed by atoms with Crippen LogP contribution >= 0.6 is 35.6 Å². The molecular weight excluding hydrogens is 475 g/mol.